The van der Waals surface area contributed by atoms with Gasteiger partial charge in [-0.25, -0.2) is 4.99 Å². The van der Waals surface area contributed by atoms with Gasteiger partial charge in [-0.15, -0.1) is 11.8 Å². The summed E-state index contributed by atoms with van der Waals surface area (Å²) in [6.45, 7) is 15.5. The normalized spacial score (nSPS) is 17.3. The van der Waals surface area contributed by atoms with E-state index in [0.29, 0.717) is 5.25 Å². The van der Waals surface area contributed by atoms with E-state index in [1.165, 1.54) is 41.0 Å². The zero-order chi connectivity index (χ0) is 22.8. The maximum absolute atomic E-state index is 5.24. The number of fused-ring (bicyclic) bond motifs is 1. The second kappa shape index (κ2) is 9.62. The fourth-order valence-electron chi connectivity index (χ4n) is 4.59. The molecule has 1 fully saturated rings. The van der Waals surface area contributed by atoms with Gasteiger partial charge in [-0.2, -0.15) is 0 Å². The van der Waals surface area contributed by atoms with Gasteiger partial charge in [0.25, 0.3) is 0 Å². The van der Waals surface area contributed by atoms with Gasteiger partial charge in [0.1, 0.15) is 0 Å². The highest BCUT2D eigenvalue weighted by molar-refractivity contribution is 8.00. The van der Waals surface area contributed by atoms with Crippen LogP contribution >= 0.6 is 11.8 Å². The molecule has 2 aromatic carbocycles. The molecule has 1 atom stereocenters. The van der Waals surface area contributed by atoms with Crippen molar-refractivity contribution < 1.29 is 0 Å². The van der Waals surface area contributed by atoms with Crippen LogP contribution in [-0.4, -0.2) is 41.1 Å². The molecule has 2 heterocycles. The number of para-hydroxylation sites is 1. The molecule has 0 saturated carbocycles. The van der Waals surface area contributed by atoms with Crippen molar-refractivity contribution in [1.82, 2.24) is 9.80 Å². The number of piperidine rings is 1. The van der Waals surface area contributed by atoms with Crippen molar-refractivity contribution in [2.24, 2.45) is 4.99 Å². The van der Waals surface area contributed by atoms with Crippen molar-refractivity contribution >= 4 is 34.8 Å². The van der Waals surface area contributed by atoms with Crippen LogP contribution in [0.4, 0.5) is 11.4 Å². The molecule has 170 valence electrons. The smallest absolute Gasteiger partial charge is 0.206 e. The number of aliphatic imine (C=N–C) groups is 1. The van der Waals surface area contributed by atoms with Crippen LogP contribution in [0.1, 0.15) is 62.8 Å². The average molecular weight is 449 g/mol. The molecule has 1 N–H and O–H groups in total. The van der Waals surface area contributed by atoms with E-state index in [1.807, 2.05) is 11.8 Å². The van der Waals surface area contributed by atoms with Crippen molar-refractivity contribution in [1.29, 1.82) is 0 Å². The quantitative estimate of drug-likeness (QED) is 0.496. The minimum Gasteiger partial charge on any atom is -0.378 e. The third-order valence-corrected chi connectivity index (χ3v) is 7.32. The third-order valence-electron chi connectivity index (χ3n) is 6.24. The zero-order valence-corrected chi connectivity index (χ0v) is 20.9. The number of guanidine groups is 1. The highest BCUT2D eigenvalue weighted by atomic mass is 32.2. The standard InChI is InChI=1S/C27H36N4S/c1-18(2)32-25-13-9-8-12-24(25)28-20(4)22-16-19(3)17-23-21(5)30(6)27(29-26(22)23)31-14-10-7-11-15-31/h8-9,12-13,16-18,20,28H,5,7,10-11,14-15H2,1-4,6H3. The van der Waals surface area contributed by atoms with Crippen molar-refractivity contribution in [3.8, 4) is 0 Å². The monoisotopic (exact) mass is 448 g/mol. The Morgan fingerprint density at radius 2 is 1.78 bits per heavy atom. The Kier molecular flexibility index (Phi) is 6.85. The molecule has 2 aromatic rings. The van der Waals surface area contributed by atoms with Gasteiger partial charge in [0.2, 0.25) is 5.96 Å². The van der Waals surface area contributed by atoms with E-state index in [9.17, 15) is 0 Å². The Hall–Kier alpha value is -2.40. The molecule has 0 amide bonds. The second-order valence-corrected chi connectivity index (χ2v) is 10.9. The highest BCUT2D eigenvalue weighted by Crippen LogP contribution is 2.41. The molecule has 2 aliphatic rings. The van der Waals surface area contributed by atoms with Gasteiger partial charge in [-0.05, 0) is 56.9 Å². The van der Waals surface area contributed by atoms with Crippen LogP contribution in [-0.2, 0) is 0 Å². The van der Waals surface area contributed by atoms with E-state index in [2.05, 4.69) is 92.8 Å². The van der Waals surface area contributed by atoms with E-state index in [1.54, 1.807) is 0 Å². The van der Waals surface area contributed by atoms with Crippen LogP contribution in [0, 0.1) is 6.92 Å². The molecule has 0 radical (unpaired) electrons. The van der Waals surface area contributed by atoms with E-state index < -0.39 is 0 Å². The van der Waals surface area contributed by atoms with Crippen LogP contribution in [0.3, 0.4) is 0 Å². The number of aryl methyl sites for hydroxylation is 1. The molecule has 2 aliphatic heterocycles. The Morgan fingerprint density at radius 1 is 1.06 bits per heavy atom. The first-order valence-corrected chi connectivity index (χ1v) is 12.7. The molecule has 1 unspecified atom stereocenters. The van der Waals surface area contributed by atoms with Gasteiger partial charge in [-0.3, -0.25) is 0 Å². The fourth-order valence-corrected chi connectivity index (χ4v) is 5.51. The van der Waals surface area contributed by atoms with Crippen LogP contribution in [0.2, 0.25) is 0 Å². The van der Waals surface area contributed by atoms with Gasteiger partial charge in [-0.1, -0.05) is 38.6 Å². The first kappa shape index (κ1) is 22.8. The maximum atomic E-state index is 5.24. The Bertz CT molecular complexity index is 1020. The first-order chi connectivity index (χ1) is 15.3. The van der Waals surface area contributed by atoms with E-state index in [-0.39, 0.29) is 6.04 Å². The predicted octanol–water partition coefficient (Wildman–Crippen LogP) is 7.06. The lowest BCUT2D eigenvalue weighted by Crippen LogP contribution is -2.45. The highest BCUT2D eigenvalue weighted by Gasteiger charge is 2.28. The van der Waals surface area contributed by atoms with Crippen molar-refractivity contribution in [3.05, 3.63) is 59.7 Å². The molecule has 0 aromatic heterocycles. The van der Waals surface area contributed by atoms with Crippen molar-refractivity contribution in [3.63, 3.8) is 0 Å². The summed E-state index contributed by atoms with van der Waals surface area (Å²) in [4.78, 5) is 11.1. The van der Waals surface area contributed by atoms with E-state index in [4.69, 9.17) is 4.99 Å². The zero-order valence-electron chi connectivity index (χ0n) is 20.1. The van der Waals surface area contributed by atoms with Gasteiger partial charge in [0.05, 0.1) is 11.7 Å². The number of rotatable bonds is 5. The summed E-state index contributed by atoms with van der Waals surface area (Å²) in [5, 5.41) is 4.32. The largest absolute Gasteiger partial charge is 0.378 e. The number of nitrogens with zero attached hydrogens (tertiary/aromatic N) is 3. The summed E-state index contributed by atoms with van der Waals surface area (Å²) in [6.07, 6.45) is 3.77. The summed E-state index contributed by atoms with van der Waals surface area (Å²) < 4.78 is 0. The van der Waals surface area contributed by atoms with E-state index in [0.717, 1.165) is 36.0 Å². The summed E-state index contributed by atoms with van der Waals surface area (Å²) in [5.74, 6) is 1.04. The van der Waals surface area contributed by atoms with Crippen LogP contribution in [0.15, 0.2) is 52.9 Å². The summed E-state index contributed by atoms with van der Waals surface area (Å²) in [7, 11) is 2.10. The van der Waals surface area contributed by atoms with Gasteiger partial charge < -0.3 is 15.1 Å². The molecule has 0 spiro atoms. The summed E-state index contributed by atoms with van der Waals surface area (Å²) in [6, 6.07) is 13.2. The molecule has 4 rings (SSSR count). The Balaban J connectivity index is 1.72. The number of likely N-dealkylation sites (tertiary alicyclic amines) is 1. The number of thioether (sulfide) groups is 1. The van der Waals surface area contributed by atoms with Crippen molar-refractivity contribution in [2.45, 2.75) is 63.1 Å². The molecule has 0 aliphatic carbocycles. The first-order valence-electron chi connectivity index (χ1n) is 11.8. The molecule has 0 bridgehead atoms. The lowest BCUT2D eigenvalue weighted by Gasteiger charge is -2.38. The third kappa shape index (κ3) is 4.68. The van der Waals surface area contributed by atoms with E-state index >= 15 is 0 Å². The lowest BCUT2D eigenvalue weighted by atomic mass is 9.95. The number of benzene rings is 2. The summed E-state index contributed by atoms with van der Waals surface area (Å²) in [5.41, 5.74) is 6.89. The second-order valence-electron chi connectivity index (χ2n) is 9.24. The Labute approximate surface area is 197 Å². The number of hydrogen-bond acceptors (Lipinski definition) is 5. The number of hydrogen-bond donors (Lipinski definition) is 1. The molecule has 4 nitrogen and oxygen atoms in total. The molecular formula is C27H36N4S. The topological polar surface area (TPSA) is 30.9 Å². The fraction of sp³-hybridized carbons (Fsp3) is 0.444. The molecular weight excluding hydrogens is 412 g/mol. The van der Waals surface area contributed by atoms with Gasteiger partial charge in [0.15, 0.2) is 0 Å². The minimum absolute atomic E-state index is 0.125. The Morgan fingerprint density at radius 3 is 2.50 bits per heavy atom. The van der Waals surface area contributed by atoms with Crippen LogP contribution in [0.5, 0.6) is 0 Å². The molecule has 5 heteroatoms. The van der Waals surface area contributed by atoms with Crippen LogP contribution in [0.25, 0.3) is 5.70 Å². The van der Waals surface area contributed by atoms with Gasteiger partial charge >= 0.3 is 0 Å². The van der Waals surface area contributed by atoms with Gasteiger partial charge in [0, 0.05) is 52.8 Å². The average Bonchev–Trinajstić information content (AvgIpc) is 2.77. The minimum atomic E-state index is 0.125. The lowest BCUT2D eigenvalue weighted by molar-refractivity contribution is 0.316. The SMILES string of the molecule is C=C1c2cc(C)cc(C(C)Nc3ccccc3SC(C)C)c2N=C(N2CCCCC2)N1C. The van der Waals surface area contributed by atoms with Crippen LogP contribution < -0.4 is 5.32 Å². The molecule has 32 heavy (non-hydrogen) atoms. The predicted molar refractivity (Wildman–Crippen MR) is 140 cm³/mol. The summed E-state index contributed by atoms with van der Waals surface area (Å²) >= 11 is 1.90. The maximum Gasteiger partial charge on any atom is 0.206 e. The van der Waals surface area contributed by atoms with Crippen molar-refractivity contribution in [2.75, 3.05) is 25.5 Å². The number of anilines is 1. The number of nitrogens with one attached hydrogen (secondary N) is 1. The molecule has 1 saturated heterocycles.